The molecule has 0 atom stereocenters. The monoisotopic (exact) mass is 1020 g/mol. The number of fused-ring (bicyclic) bond motifs is 1. The first-order valence-electron chi connectivity index (χ1n) is 27.7. The van der Waals surface area contributed by atoms with Crippen molar-refractivity contribution in [2.75, 3.05) is 64.7 Å². The van der Waals surface area contributed by atoms with Crippen LogP contribution in [-0.2, 0) is 40.9 Å². The molecule has 18 heteroatoms. The molecule has 0 aliphatic rings. The fourth-order valence-corrected chi connectivity index (χ4v) is 9.37. The molecule has 2 N–H and O–H groups in total. The number of aromatic nitrogens is 5. The van der Waals surface area contributed by atoms with Gasteiger partial charge in [-0.25, -0.2) is 19.0 Å². The number of nitro groups is 1. The van der Waals surface area contributed by atoms with Crippen molar-refractivity contribution in [2.24, 2.45) is 0 Å². The van der Waals surface area contributed by atoms with E-state index < -0.39 is 12.7 Å². The summed E-state index contributed by atoms with van der Waals surface area (Å²) in [5.41, 5.74) is 1.38. The number of nitrogens with one attached hydrogen (secondary N) is 2. The Morgan fingerprint density at radius 1 is 0.606 bits per heavy atom. The molecule has 0 radical (unpaired) electrons. The summed E-state index contributed by atoms with van der Waals surface area (Å²) in [5, 5.41) is 33.2. The smallest absolute Gasteiger partial charge is 0.378 e. The molecule has 71 heavy (non-hydrogen) atoms. The number of nitrogens with zero attached hydrogens (tertiary/aromatic N) is 6. The second-order valence-corrected chi connectivity index (χ2v) is 20.3. The van der Waals surface area contributed by atoms with E-state index in [0.717, 1.165) is 38.5 Å². The van der Waals surface area contributed by atoms with Crippen LogP contribution in [0.4, 0.5) is 11.4 Å². The molecule has 3 aromatic rings. The maximum atomic E-state index is 13.7. The number of ether oxygens (including phenoxy) is 3. The highest BCUT2D eigenvalue weighted by Crippen LogP contribution is 2.44. The van der Waals surface area contributed by atoms with E-state index >= 15 is 0 Å². The minimum absolute atomic E-state index is 0.0770. The molecule has 0 bridgehead atoms. The van der Waals surface area contributed by atoms with Crippen molar-refractivity contribution < 1.29 is 37.4 Å². The number of hydrogen-bond acceptors (Lipinski definition) is 14. The molecule has 0 unspecified atom stereocenters. The summed E-state index contributed by atoms with van der Waals surface area (Å²) >= 11 is 0. The minimum Gasteiger partial charge on any atom is -0.378 e. The van der Waals surface area contributed by atoms with Gasteiger partial charge in [0, 0.05) is 12.6 Å². The van der Waals surface area contributed by atoms with Gasteiger partial charge in [0.25, 0.3) is 0 Å². The van der Waals surface area contributed by atoms with Crippen LogP contribution in [0.2, 0.25) is 0 Å². The molecule has 1 aromatic carbocycles. The van der Waals surface area contributed by atoms with Gasteiger partial charge in [0.2, 0.25) is 5.52 Å². The average Bonchev–Trinajstić information content (AvgIpc) is 4.06. The SMILES string of the molecule is CCCCCCCC/C=C\CCCCCCCCOP(=O)(NCCOCCOCCOCCn1cc(CNc2ccc([N+](=O)[O-])c3nonc23)nn1)OCCCCCCCC/C=C\CCCCCCCC. The Morgan fingerprint density at radius 3 is 1.59 bits per heavy atom. The van der Waals surface area contributed by atoms with E-state index in [1.54, 1.807) is 16.9 Å². The van der Waals surface area contributed by atoms with E-state index in [0.29, 0.717) is 83.9 Å². The highest BCUT2D eigenvalue weighted by Gasteiger charge is 2.24. The van der Waals surface area contributed by atoms with Gasteiger partial charge < -0.3 is 19.5 Å². The zero-order valence-electron chi connectivity index (χ0n) is 43.9. The molecule has 404 valence electrons. The molecule has 2 aromatic heterocycles. The van der Waals surface area contributed by atoms with Crippen molar-refractivity contribution in [3.05, 3.63) is 58.4 Å². The van der Waals surface area contributed by atoms with E-state index in [1.165, 1.54) is 147 Å². The predicted molar refractivity (Wildman–Crippen MR) is 285 cm³/mol. The van der Waals surface area contributed by atoms with Crippen LogP contribution in [0.1, 0.15) is 199 Å². The summed E-state index contributed by atoms with van der Waals surface area (Å²) < 4.78 is 49.1. The van der Waals surface area contributed by atoms with Crippen molar-refractivity contribution in [3.8, 4) is 0 Å². The number of anilines is 1. The molecule has 0 fully saturated rings. The predicted octanol–water partition coefficient (Wildman–Crippen LogP) is 14.2. The first kappa shape index (κ1) is 61.7. The van der Waals surface area contributed by atoms with Gasteiger partial charge in [0.1, 0.15) is 5.69 Å². The summed E-state index contributed by atoms with van der Waals surface area (Å²) in [7, 11) is -3.46. The minimum atomic E-state index is -3.46. The molecule has 3 rings (SSSR count). The number of non-ortho nitro benzene ring substituents is 1. The van der Waals surface area contributed by atoms with Crippen LogP contribution in [0.3, 0.4) is 0 Å². The summed E-state index contributed by atoms with van der Waals surface area (Å²) in [6.45, 7) is 8.94. The number of nitro benzene ring substituents is 1. The summed E-state index contributed by atoms with van der Waals surface area (Å²) in [4.78, 5) is 10.7. The molecule has 0 spiro atoms. The van der Waals surface area contributed by atoms with Gasteiger partial charge in [-0.3, -0.25) is 19.2 Å². The zero-order chi connectivity index (χ0) is 50.6. The van der Waals surface area contributed by atoms with Gasteiger partial charge in [0.05, 0.1) is 82.8 Å². The quantitative estimate of drug-likeness (QED) is 0.0178. The van der Waals surface area contributed by atoms with Crippen LogP contribution < -0.4 is 10.4 Å². The Hall–Kier alpha value is -3.57. The van der Waals surface area contributed by atoms with Crippen LogP contribution in [0, 0.1) is 10.1 Å². The Labute approximate surface area is 426 Å². The van der Waals surface area contributed by atoms with Crippen LogP contribution in [0.25, 0.3) is 11.0 Å². The fraction of sp³-hybridized carbons (Fsp3) is 0.774. The van der Waals surface area contributed by atoms with Crippen molar-refractivity contribution in [2.45, 2.75) is 207 Å². The first-order valence-corrected chi connectivity index (χ1v) is 29.2. The average molecular weight is 1020 g/mol. The van der Waals surface area contributed by atoms with Gasteiger partial charge in [-0.15, -0.1) is 5.10 Å². The van der Waals surface area contributed by atoms with Crippen LogP contribution in [0.5, 0.6) is 0 Å². The molecule has 0 aliphatic heterocycles. The Morgan fingerprint density at radius 2 is 1.07 bits per heavy atom. The third-order valence-electron chi connectivity index (χ3n) is 12.2. The van der Waals surface area contributed by atoms with Crippen molar-refractivity contribution in [1.82, 2.24) is 30.4 Å². The summed E-state index contributed by atoms with van der Waals surface area (Å²) in [5.74, 6) is 0. The topological polar surface area (TPSA) is 200 Å². The normalized spacial score (nSPS) is 12.1. The van der Waals surface area contributed by atoms with E-state index in [1.807, 2.05) is 0 Å². The van der Waals surface area contributed by atoms with Crippen molar-refractivity contribution in [1.29, 1.82) is 0 Å². The first-order chi connectivity index (χ1) is 35.0. The molecule has 17 nitrogen and oxygen atoms in total. The summed E-state index contributed by atoms with van der Waals surface area (Å²) in [6, 6.07) is 2.91. The zero-order valence-corrected chi connectivity index (χ0v) is 44.8. The van der Waals surface area contributed by atoms with Gasteiger partial charge in [-0.2, -0.15) is 0 Å². The van der Waals surface area contributed by atoms with E-state index in [2.05, 4.69) is 69.2 Å². The van der Waals surface area contributed by atoms with Crippen LogP contribution >= 0.6 is 7.75 Å². The molecule has 0 saturated heterocycles. The lowest BCUT2D eigenvalue weighted by Crippen LogP contribution is -2.21. The van der Waals surface area contributed by atoms with Crippen molar-refractivity contribution >= 4 is 30.2 Å². The van der Waals surface area contributed by atoms with Gasteiger partial charge in [0.15, 0.2) is 5.52 Å². The number of allylic oxidation sites excluding steroid dienone is 4. The maximum Gasteiger partial charge on any atom is 0.405 e. The largest absolute Gasteiger partial charge is 0.405 e. The number of hydrogen-bond donors (Lipinski definition) is 2. The van der Waals surface area contributed by atoms with Crippen molar-refractivity contribution in [3.63, 3.8) is 0 Å². The molecular weight excluding hydrogens is 924 g/mol. The Balaban J connectivity index is 1.21. The highest BCUT2D eigenvalue weighted by molar-refractivity contribution is 7.51. The second kappa shape index (κ2) is 42.9. The van der Waals surface area contributed by atoms with Gasteiger partial charge in [-0.05, 0) is 80.6 Å². The lowest BCUT2D eigenvalue weighted by Gasteiger charge is -2.19. The molecule has 0 aliphatic carbocycles. The maximum absolute atomic E-state index is 13.7. The van der Waals surface area contributed by atoms with Crippen LogP contribution in [-0.4, -0.2) is 89.6 Å². The molecule has 2 heterocycles. The van der Waals surface area contributed by atoms with E-state index in [9.17, 15) is 14.7 Å². The number of benzene rings is 1. The second-order valence-electron chi connectivity index (χ2n) is 18.5. The molecule has 0 amide bonds. The third kappa shape index (κ3) is 31.6. The molecular formula is C53H93N8O9P. The Kier molecular flexibility index (Phi) is 37.3. The highest BCUT2D eigenvalue weighted by atomic mass is 31.2. The van der Waals surface area contributed by atoms with Gasteiger partial charge in [-0.1, -0.05) is 159 Å². The lowest BCUT2D eigenvalue weighted by molar-refractivity contribution is -0.383. The molecule has 0 saturated carbocycles. The fourth-order valence-electron chi connectivity index (χ4n) is 8.01. The van der Waals surface area contributed by atoms with E-state index in [4.69, 9.17) is 27.9 Å². The number of rotatable bonds is 51. The van der Waals surface area contributed by atoms with Gasteiger partial charge >= 0.3 is 13.4 Å². The third-order valence-corrected chi connectivity index (χ3v) is 13.9. The van der Waals surface area contributed by atoms with Crippen LogP contribution in [0.15, 0.2) is 47.3 Å². The number of unbranched alkanes of at least 4 members (excludes halogenated alkanes) is 24. The standard InChI is InChI=1S/C53H93N8O9P/c1-3-5-7-9-11-13-15-17-19-21-23-25-27-29-31-33-39-68-71(64,69-40-34-32-30-28-26-24-22-20-18-16-14-12-10-8-6-4-2)55-37-41-65-43-45-67-46-44-66-42-38-60-48-49(56-59-60)47-54-50-35-36-51(61(62)63)53-52(50)57-70-58-53/h17-20,35-36,48,54H,3-16,21-34,37-47H2,1-2H3,(H,55,64)/b19-17-,20-18-. The lowest BCUT2D eigenvalue weighted by atomic mass is 10.1. The Bertz CT molecular complexity index is 1800. The van der Waals surface area contributed by atoms with E-state index in [-0.39, 0.29) is 16.7 Å². The summed E-state index contributed by atoms with van der Waals surface area (Å²) in [6.07, 6.45) is 45.9.